The first-order chi connectivity index (χ1) is 14.6. The van der Waals surface area contributed by atoms with Crippen LogP contribution in [-0.2, 0) is 0 Å². The molecule has 2 fully saturated rings. The molecule has 4 rings (SSSR count). The SMILES string of the molecule is CC[C@H](CC[C@@H](C)[C@H]1CC[C@H]2C3=C[C@H](O)C4C[C@@H](O)CC[C@]4(C)C3=CC[C@]12C)C(C)C. The van der Waals surface area contributed by atoms with Gasteiger partial charge in [-0.2, -0.15) is 0 Å². The summed E-state index contributed by atoms with van der Waals surface area (Å²) in [7, 11) is 0. The average molecular weight is 429 g/mol. The van der Waals surface area contributed by atoms with Gasteiger partial charge in [-0.1, -0.05) is 66.5 Å². The fourth-order valence-electron chi connectivity index (χ4n) is 8.56. The van der Waals surface area contributed by atoms with E-state index in [2.05, 4.69) is 53.7 Å². The Labute approximate surface area is 191 Å². The number of hydrogen-bond donors (Lipinski definition) is 2. The Kier molecular flexibility index (Phi) is 6.56. The highest BCUT2D eigenvalue weighted by Gasteiger charge is 2.56. The van der Waals surface area contributed by atoms with Gasteiger partial charge in [-0.3, -0.25) is 0 Å². The van der Waals surface area contributed by atoms with E-state index in [0.29, 0.717) is 11.3 Å². The first-order valence-corrected chi connectivity index (χ1v) is 13.4. The van der Waals surface area contributed by atoms with E-state index < -0.39 is 6.10 Å². The van der Waals surface area contributed by atoms with Gasteiger partial charge in [0.15, 0.2) is 0 Å². The molecular formula is C29H48O2. The number of rotatable bonds is 6. The van der Waals surface area contributed by atoms with Gasteiger partial charge >= 0.3 is 0 Å². The largest absolute Gasteiger partial charge is 0.393 e. The third-order valence-corrected chi connectivity index (χ3v) is 10.7. The van der Waals surface area contributed by atoms with Gasteiger partial charge in [0.05, 0.1) is 12.2 Å². The van der Waals surface area contributed by atoms with Crippen LogP contribution in [0.5, 0.6) is 0 Å². The molecule has 0 amide bonds. The average Bonchev–Trinajstić information content (AvgIpc) is 3.07. The van der Waals surface area contributed by atoms with Gasteiger partial charge in [0.2, 0.25) is 0 Å². The van der Waals surface area contributed by atoms with Gasteiger partial charge in [-0.25, -0.2) is 0 Å². The molecule has 0 aromatic rings. The van der Waals surface area contributed by atoms with Crippen LogP contribution in [-0.4, -0.2) is 22.4 Å². The van der Waals surface area contributed by atoms with E-state index >= 15 is 0 Å². The van der Waals surface area contributed by atoms with E-state index in [-0.39, 0.29) is 17.4 Å². The minimum absolute atomic E-state index is 0.0410. The predicted octanol–water partition coefficient (Wildman–Crippen LogP) is 6.92. The lowest BCUT2D eigenvalue weighted by atomic mass is 9.51. The maximum Gasteiger partial charge on any atom is 0.0764 e. The molecule has 9 atom stereocenters. The molecular weight excluding hydrogens is 380 g/mol. The molecule has 4 aliphatic rings. The van der Waals surface area contributed by atoms with Crippen molar-refractivity contribution in [2.75, 3.05) is 0 Å². The highest BCUT2D eigenvalue weighted by molar-refractivity contribution is 5.47. The fraction of sp³-hybridized carbons (Fsp3) is 0.862. The zero-order valence-corrected chi connectivity index (χ0v) is 21.0. The molecule has 1 unspecified atom stereocenters. The monoisotopic (exact) mass is 428 g/mol. The van der Waals surface area contributed by atoms with Crippen LogP contribution >= 0.6 is 0 Å². The molecule has 0 aromatic carbocycles. The topological polar surface area (TPSA) is 40.5 Å². The Morgan fingerprint density at radius 1 is 1.06 bits per heavy atom. The van der Waals surface area contributed by atoms with Crippen molar-refractivity contribution < 1.29 is 10.2 Å². The van der Waals surface area contributed by atoms with Gasteiger partial charge in [0, 0.05) is 5.92 Å². The van der Waals surface area contributed by atoms with Gasteiger partial charge in [-0.05, 0) is 96.5 Å². The fourth-order valence-corrected chi connectivity index (χ4v) is 8.56. The molecule has 0 aliphatic heterocycles. The Balaban J connectivity index is 1.55. The Morgan fingerprint density at radius 2 is 1.81 bits per heavy atom. The van der Waals surface area contributed by atoms with Gasteiger partial charge in [-0.15, -0.1) is 0 Å². The summed E-state index contributed by atoms with van der Waals surface area (Å²) in [6, 6.07) is 0. The van der Waals surface area contributed by atoms with Crippen molar-refractivity contribution in [2.45, 2.75) is 112 Å². The quantitative estimate of drug-likeness (QED) is 0.482. The molecule has 0 saturated heterocycles. The Morgan fingerprint density at radius 3 is 2.48 bits per heavy atom. The summed E-state index contributed by atoms with van der Waals surface area (Å²) in [5, 5.41) is 21.4. The lowest BCUT2D eigenvalue weighted by Gasteiger charge is -2.54. The van der Waals surface area contributed by atoms with Crippen LogP contribution in [0.3, 0.4) is 0 Å². The molecule has 0 bridgehead atoms. The van der Waals surface area contributed by atoms with Crippen molar-refractivity contribution in [3.8, 4) is 0 Å². The molecule has 2 nitrogen and oxygen atoms in total. The van der Waals surface area contributed by atoms with Crippen LogP contribution in [0, 0.1) is 46.3 Å². The summed E-state index contributed by atoms with van der Waals surface area (Å²) in [5.41, 5.74) is 3.40. The van der Waals surface area contributed by atoms with Gasteiger partial charge < -0.3 is 10.2 Å². The Bertz CT molecular complexity index is 720. The van der Waals surface area contributed by atoms with Gasteiger partial charge in [0.1, 0.15) is 0 Å². The van der Waals surface area contributed by atoms with E-state index in [0.717, 1.165) is 42.9 Å². The Hall–Kier alpha value is -0.600. The van der Waals surface area contributed by atoms with Crippen molar-refractivity contribution in [1.29, 1.82) is 0 Å². The molecule has 2 saturated carbocycles. The molecule has 0 radical (unpaired) electrons. The van der Waals surface area contributed by atoms with Crippen LogP contribution < -0.4 is 0 Å². The molecule has 2 heteroatoms. The summed E-state index contributed by atoms with van der Waals surface area (Å²) >= 11 is 0. The van der Waals surface area contributed by atoms with Crippen molar-refractivity contribution in [3.05, 3.63) is 23.3 Å². The zero-order chi connectivity index (χ0) is 22.6. The highest BCUT2D eigenvalue weighted by atomic mass is 16.3. The van der Waals surface area contributed by atoms with E-state index in [1.54, 1.807) is 0 Å². The van der Waals surface area contributed by atoms with Crippen molar-refractivity contribution in [3.63, 3.8) is 0 Å². The third-order valence-electron chi connectivity index (χ3n) is 10.7. The van der Waals surface area contributed by atoms with Crippen molar-refractivity contribution in [2.24, 2.45) is 46.3 Å². The summed E-state index contributed by atoms with van der Waals surface area (Å²) in [6.45, 7) is 14.6. The first kappa shape index (κ1) is 23.6. The standard InChI is InChI=1S/C29H48O2/c1-7-20(18(2)3)9-8-19(4)23-10-11-24-22-17-27(31)26-16-21(30)12-14-29(26,6)25(22)13-15-28(23,24)5/h13,17-21,23-24,26-27,30-31H,7-12,14-16H2,1-6H3/t19-,20-,21+,23-,24+,26?,27+,28-,29-/m1/s1. The van der Waals surface area contributed by atoms with Crippen LogP contribution in [0.25, 0.3) is 0 Å². The maximum atomic E-state index is 11.1. The first-order valence-electron chi connectivity index (χ1n) is 13.4. The second-order valence-corrected chi connectivity index (χ2v) is 12.6. The lowest BCUT2D eigenvalue weighted by Crippen LogP contribution is -2.49. The number of hydrogen-bond acceptors (Lipinski definition) is 2. The van der Waals surface area contributed by atoms with Crippen molar-refractivity contribution >= 4 is 0 Å². The summed E-state index contributed by atoms with van der Waals surface area (Å²) in [4.78, 5) is 0. The summed E-state index contributed by atoms with van der Waals surface area (Å²) in [5.74, 6) is 4.00. The van der Waals surface area contributed by atoms with E-state index in [1.165, 1.54) is 49.7 Å². The zero-order valence-electron chi connectivity index (χ0n) is 21.0. The predicted molar refractivity (Wildman–Crippen MR) is 130 cm³/mol. The molecule has 0 aromatic heterocycles. The molecule has 2 N–H and O–H groups in total. The van der Waals surface area contributed by atoms with Crippen LogP contribution in [0.4, 0.5) is 0 Å². The van der Waals surface area contributed by atoms with E-state index in [4.69, 9.17) is 0 Å². The molecule has 4 aliphatic carbocycles. The van der Waals surface area contributed by atoms with E-state index in [9.17, 15) is 10.2 Å². The molecule has 31 heavy (non-hydrogen) atoms. The summed E-state index contributed by atoms with van der Waals surface area (Å²) < 4.78 is 0. The normalized spacial score (nSPS) is 44.1. The lowest BCUT2D eigenvalue weighted by molar-refractivity contribution is -0.0235. The molecule has 0 spiro atoms. The molecule has 0 heterocycles. The van der Waals surface area contributed by atoms with Crippen LogP contribution in [0.2, 0.25) is 0 Å². The maximum absolute atomic E-state index is 11.1. The second-order valence-electron chi connectivity index (χ2n) is 12.6. The highest BCUT2D eigenvalue weighted by Crippen LogP contribution is 2.65. The smallest absolute Gasteiger partial charge is 0.0764 e. The summed E-state index contributed by atoms with van der Waals surface area (Å²) in [6.07, 6.45) is 14.6. The number of aliphatic hydroxyl groups excluding tert-OH is 2. The number of fused-ring (bicyclic) bond motifs is 5. The van der Waals surface area contributed by atoms with E-state index in [1.807, 2.05) is 0 Å². The minimum Gasteiger partial charge on any atom is -0.393 e. The number of aliphatic hydroxyl groups is 2. The van der Waals surface area contributed by atoms with Crippen molar-refractivity contribution in [1.82, 2.24) is 0 Å². The van der Waals surface area contributed by atoms with Crippen LogP contribution in [0.15, 0.2) is 23.3 Å². The third kappa shape index (κ3) is 3.88. The second kappa shape index (κ2) is 8.64. The number of allylic oxidation sites excluding steroid dienone is 3. The molecule has 176 valence electrons. The van der Waals surface area contributed by atoms with Crippen LogP contribution in [0.1, 0.15) is 99.3 Å². The minimum atomic E-state index is -0.401. The van der Waals surface area contributed by atoms with Gasteiger partial charge in [0.25, 0.3) is 0 Å².